The van der Waals surface area contributed by atoms with Crippen molar-refractivity contribution in [1.29, 1.82) is 0 Å². The summed E-state index contributed by atoms with van der Waals surface area (Å²) in [5.74, 6) is 0.0412. The Morgan fingerprint density at radius 3 is 2.86 bits per heavy atom. The van der Waals surface area contributed by atoms with Crippen molar-refractivity contribution in [2.45, 2.75) is 6.42 Å². The number of hydrogen-bond donors (Lipinski definition) is 3. The molecule has 0 unspecified atom stereocenters. The number of nitrogens with one attached hydrogen (secondary N) is 3. The van der Waals surface area contributed by atoms with Crippen LogP contribution in [0, 0.1) is 0 Å². The van der Waals surface area contributed by atoms with Gasteiger partial charge in [0, 0.05) is 44.7 Å². The molecule has 0 aliphatic carbocycles. The molecule has 0 spiro atoms. The largest absolute Gasteiger partial charge is 0.354 e. The number of aromatic amines is 1. The quantitative estimate of drug-likeness (QED) is 0.751. The van der Waals surface area contributed by atoms with Crippen LogP contribution in [0.15, 0.2) is 24.3 Å². The van der Waals surface area contributed by atoms with Gasteiger partial charge in [-0.25, -0.2) is 0 Å². The average Bonchev–Trinajstić information content (AvgIpc) is 2.92. The highest BCUT2D eigenvalue weighted by Gasteiger charge is 2.11. The molecule has 1 aromatic carbocycles. The Morgan fingerprint density at radius 1 is 1.27 bits per heavy atom. The third kappa shape index (κ3) is 4.19. The number of carbonyl (C=O) groups excluding carboxylic acids is 1. The van der Waals surface area contributed by atoms with Gasteiger partial charge in [0.05, 0.1) is 17.6 Å². The molecule has 1 aliphatic rings. The van der Waals surface area contributed by atoms with Crippen LogP contribution >= 0.6 is 12.4 Å². The lowest BCUT2D eigenvalue weighted by Gasteiger charge is -2.27. The second-order valence-corrected chi connectivity index (χ2v) is 5.34. The highest BCUT2D eigenvalue weighted by Crippen LogP contribution is 2.15. The van der Waals surface area contributed by atoms with E-state index < -0.39 is 0 Å². The van der Waals surface area contributed by atoms with Crippen molar-refractivity contribution in [1.82, 2.24) is 25.7 Å². The van der Waals surface area contributed by atoms with Crippen LogP contribution in [0.1, 0.15) is 5.69 Å². The molecular weight excluding hydrogens is 302 g/mol. The van der Waals surface area contributed by atoms with Gasteiger partial charge in [-0.2, -0.15) is 5.10 Å². The van der Waals surface area contributed by atoms with E-state index in [0.717, 1.165) is 49.3 Å². The zero-order valence-electron chi connectivity index (χ0n) is 12.5. The predicted molar refractivity (Wildman–Crippen MR) is 89.4 cm³/mol. The first kappa shape index (κ1) is 16.7. The number of rotatable bonds is 5. The van der Waals surface area contributed by atoms with Gasteiger partial charge in [0.2, 0.25) is 5.91 Å². The summed E-state index contributed by atoms with van der Waals surface area (Å²) in [6, 6.07) is 7.84. The van der Waals surface area contributed by atoms with Gasteiger partial charge >= 0.3 is 0 Å². The normalized spacial score (nSPS) is 15.5. The van der Waals surface area contributed by atoms with Crippen LogP contribution in [-0.4, -0.2) is 60.3 Å². The summed E-state index contributed by atoms with van der Waals surface area (Å²) >= 11 is 0. The van der Waals surface area contributed by atoms with Crippen LogP contribution in [0.25, 0.3) is 10.9 Å². The Hall–Kier alpha value is -1.63. The number of benzene rings is 1. The Balaban J connectivity index is 0.00000176. The molecule has 6 nitrogen and oxygen atoms in total. The number of aromatic nitrogens is 2. The maximum atomic E-state index is 12.0. The Morgan fingerprint density at radius 2 is 2.05 bits per heavy atom. The lowest BCUT2D eigenvalue weighted by molar-refractivity contribution is -0.120. The third-order valence-electron chi connectivity index (χ3n) is 3.84. The van der Waals surface area contributed by atoms with Crippen molar-refractivity contribution in [3.63, 3.8) is 0 Å². The average molecular weight is 324 g/mol. The number of nitrogens with zero attached hydrogens (tertiary/aromatic N) is 2. The summed E-state index contributed by atoms with van der Waals surface area (Å²) in [6.45, 7) is 5.80. The summed E-state index contributed by atoms with van der Waals surface area (Å²) in [7, 11) is 0. The number of amides is 1. The highest BCUT2D eigenvalue weighted by atomic mass is 35.5. The number of H-pyrrole nitrogens is 1. The fourth-order valence-corrected chi connectivity index (χ4v) is 2.66. The van der Waals surface area contributed by atoms with E-state index in [-0.39, 0.29) is 18.3 Å². The van der Waals surface area contributed by atoms with Crippen molar-refractivity contribution < 1.29 is 4.79 Å². The first-order chi connectivity index (χ1) is 10.3. The van der Waals surface area contributed by atoms with E-state index in [1.165, 1.54) is 0 Å². The molecule has 0 bridgehead atoms. The first-order valence-corrected chi connectivity index (χ1v) is 7.45. The summed E-state index contributed by atoms with van der Waals surface area (Å²) < 4.78 is 0. The minimum Gasteiger partial charge on any atom is -0.354 e. The van der Waals surface area contributed by atoms with E-state index in [0.29, 0.717) is 13.0 Å². The van der Waals surface area contributed by atoms with Crippen LogP contribution in [0.5, 0.6) is 0 Å². The number of hydrogen-bond acceptors (Lipinski definition) is 4. The second-order valence-electron chi connectivity index (χ2n) is 5.34. The summed E-state index contributed by atoms with van der Waals surface area (Å²) in [6.07, 6.45) is 0.349. The van der Waals surface area contributed by atoms with Crippen LogP contribution < -0.4 is 10.6 Å². The summed E-state index contributed by atoms with van der Waals surface area (Å²) in [5.41, 5.74) is 1.78. The highest BCUT2D eigenvalue weighted by molar-refractivity contribution is 5.87. The lowest BCUT2D eigenvalue weighted by Crippen LogP contribution is -2.46. The van der Waals surface area contributed by atoms with E-state index in [1.54, 1.807) is 0 Å². The molecule has 22 heavy (non-hydrogen) atoms. The maximum absolute atomic E-state index is 12.0. The Kier molecular flexibility index (Phi) is 6.18. The molecule has 1 fully saturated rings. The van der Waals surface area contributed by atoms with Crippen molar-refractivity contribution in [3.8, 4) is 0 Å². The molecule has 1 aromatic heterocycles. The number of para-hydroxylation sites is 1. The number of fused-ring (bicyclic) bond motifs is 1. The molecule has 120 valence electrons. The van der Waals surface area contributed by atoms with Crippen LogP contribution in [0.2, 0.25) is 0 Å². The monoisotopic (exact) mass is 323 g/mol. The third-order valence-corrected chi connectivity index (χ3v) is 3.84. The standard InChI is InChI=1S/C15H21N5O.ClH/c21-15(17-7-10-20-8-5-16-6-9-20)11-14-12-3-1-2-4-13(12)18-19-14;/h1-4,16H,5-11H2,(H,17,21)(H,18,19);1H. The molecule has 0 saturated carbocycles. The van der Waals surface area contributed by atoms with E-state index in [2.05, 4.69) is 25.7 Å². The molecule has 2 aromatic rings. The van der Waals surface area contributed by atoms with Gasteiger partial charge in [-0.3, -0.25) is 14.8 Å². The van der Waals surface area contributed by atoms with Gasteiger partial charge < -0.3 is 10.6 Å². The fraction of sp³-hybridized carbons (Fsp3) is 0.467. The van der Waals surface area contributed by atoms with Gasteiger partial charge in [0.1, 0.15) is 0 Å². The molecule has 0 atom stereocenters. The van der Waals surface area contributed by atoms with Crippen molar-refractivity contribution in [2.75, 3.05) is 39.3 Å². The second kappa shape index (κ2) is 8.12. The van der Waals surface area contributed by atoms with E-state index in [4.69, 9.17) is 0 Å². The van der Waals surface area contributed by atoms with E-state index in [1.807, 2.05) is 24.3 Å². The Bertz CT molecular complexity index is 609. The lowest BCUT2D eigenvalue weighted by atomic mass is 10.1. The van der Waals surface area contributed by atoms with E-state index in [9.17, 15) is 4.79 Å². The topological polar surface area (TPSA) is 73.0 Å². The SMILES string of the molecule is Cl.O=C(Cc1[nH]nc2ccccc12)NCCN1CCNCC1. The molecule has 1 amide bonds. The first-order valence-electron chi connectivity index (χ1n) is 7.45. The summed E-state index contributed by atoms with van der Waals surface area (Å²) in [5, 5.41) is 14.5. The molecule has 3 N–H and O–H groups in total. The molecule has 2 heterocycles. The summed E-state index contributed by atoms with van der Waals surface area (Å²) in [4.78, 5) is 14.4. The maximum Gasteiger partial charge on any atom is 0.226 e. The van der Waals surface area contributed by atoms with Crippen molar-refractivity contribution in [2.24, 2.45) is 0 Å². The fourth-order valence-electron chi connectivity index (χ4n) is 2.66. The number of halogens is 1. The molecule has 0 radical (unpaired) electrons. The van der Waals surface area contributed by atoms with E-state index >= 15 is 0 Å². The van der Waals surface area contributed by atoms with Gasteiger partial charge in [0.25, 0.3) is 0 Å². The molecule has 7 heteroatoms. The van der Waals surface area contributed by atoms with Crippen LogP contribution in [0.3, 0.4) is 0 Å². The Labute approximate surface area is 136 Å². The van der Waals surface area contributed by atoms with Gasteiger partial charge in [-0.1, -0.05) is 18.2 Å². The smallest absolute Gasteiger partial charge is 0.226 e. The molecular formula is C15H22ClN5O. The van der Waals surface area contributed by atoms with Crippen molar-refractivity contribution >= 4 is 29.2 Å². The van der Waals surface area contributed by atoms with Gasteiger partial charge in [-0.15, -0.1) is 12.4 Å². The number of carbonyl (C=O) groups is 1. The minimum atomic E-state index is 0. The van der Waals surface area contributed by atoms with Gasteiger partial charge in [0.15, 0.2) is 0 Å². The van der Waals surface area contributed by atoms with Crippen LogP contribution in [0.4, 0.5) is 0 Å². The van der Waals surface area contributed by atoms with Crippen LogP contribution in [-0.2, 0) is 11.2 Å². The zero-order chi connectivity index (χ0) is 14.5. The molecule has 1 aliphatic heterocycles. The predicted octanol–water partition coefficient (Wildman–Crippen LogP) is 0.549. The molecule has 1 saturated heterocycles. The number of piperazine rings is 1. The minimum absolute atomic E-state index is 0. The van der Waals surface area contributed by atoms with Gasteiger partial charge in [-0.05, 0) is 6.07 Å². The molecule has 3 rings (SSSR count). The van der Waals surface area contributed by atoms with Crippen molar-refractivity contribution in [3.05, 3.63) is 30.0 Å². The zero-order valence-corrected chi connectivity index (χ0v) is 13.3.